The number of rotatable bonds is 6. The SMILES string of the molecule is Cc1cncc(C(CCCS(C)(=O)=O)NN)c1. The molecule has 3 N–H and O–H groups in total. The van der Waals surface area contributed by atoms with Crippen LogP contribution in [0.4, 0.5) is 0 Å². The number of aryl methyl sites for hydroxylation is 1. The van der Waals surface area contributed by atoms with Crippen LogP contribution in [-0.4, -0.2) is 25.4 Å². The van der Waals surface area contributed by atoms with Gasteiger partial charge in [0.2, 0.25) is 0 Å². The summed E-state index contributed by atoms with van der Waals surface area (Å²) in [5, 5.41) is 0. The standard InChI is InChI=1S/C11H19N3O2S/c1-9-6-10(8-13-7-9)11(14-12)4-3-5-17(2,15)16/h6-8,11,14H,3-5,12H2,1-2H3. The van der Waals surface area contributed by atoms with E-state index in [4.69, 9.17) is 5.84 Å². The van der Waals surface area contributed by atoms with Crippen molar-refractivity contribution in [1.82, 2.24) is 10.4 Å². The van der Waals surface area contributed by atoms with Gasteiger partial charge in [-0.1, -0.05) is 6.07 Å². The molecule has 5 nitrogen and oxygen atoms in total. The minimum atomic E-state index is -2.90. The van der Waals surface area contributed by atoms with Gasteiger partial charge in [-0.05, 0) is 30.9 Å². The Hall–Kier alpha value is -0.980. The average molecular weight is 257 g/mol. The van der Waals surface area contributed by atoms with Crippen molar-refractivity contribution in [2.24, 2.45) is 5.84 Å². The minimum Gasteiger partial charge on any atom is -0.271 e. The van der Waals surface area contributed by atoms with Gasteiger partial charge in [0, 0.05) is 30.4 Å². The van der Waals surface area contributed by atoms with E-state index in [0.29, 0.717) is 12.8 Å². The molecule has 0 amide bonds. The van der Waals surface area contributed by atoms with Gasteiger partial charge < -0.3 is 0 Å². The summed E-state index contributed by atoms with van der Waals surface area (Å²) in [6.45, 7) is 1.96. The molecule has 1 unspecified atom stereocenters. The topological polar surface area (TPSA) is 85.1 Å². The Morgan fingerprint density at radius 2 is 2.18 bits per heavy atom. The van der Waals surface area contributed by atoms with Crippen molar-refractivity contribution >= 4 is 9.84 Å². The van der Waals surface area contributed by atoms with Gasteiger partial charge in [-0.15, -0.1) is 0 Å². The van der Waals surface area contributed by atoms with Gasteiger partial charge in [-0.3, -0.25) is 16.3 Å². The predicted molar refractivity (Wildman–Crippen MR) is 68.0 cm³/mol. The van der Waals surface area contributed by atoms with Gasteiger partial charge in [-0.25, -0.2) is 8.42 Å². The summed E-state index contributed by atoms with van der Waals surface area (Å²) >= 11 is 0. The summed E-state index contributed by atoms with van der Waals surface area (Å²) in [5.74, 6) is 5.66. The van der Waals surface area contributed by atoms with E-state index in [9.17, 15) is 8.42 Å². The summed E-state index contributed by atoms with van der Waals surface area (Å²) < 4.78 is 22.1. The molecular weight excluding hydrogens is 238 g/mol. The van der Waals surface area contributed by atoms with Gasteiger partial charge >= 0.3 is 0 Å². The molecule has 0 aliphatic rings. The van der Waals surface area contributed by atoms with Crippen LogP contribution in [-0.2, 0) is 9.84 Å². The zero-order valence-electron chi connectivity index (χ0n) is 10.2. The van der Waals surface area contributed by atoms with Crippen molar-refractivity contribution in [3.8, 4) is 0 Å². The van der Waals surface area contributed by atoms with Crippen molar-refractivity contribution in [3.63, 3.8) is 0 Å². The Morgan fingerprint density at radius 3 is 2.71 bits per heavy atom. The molecule has 17 heavy (non-hydrogen) atoms. The third-order valence-electron chi connectivity index (χ3n) is 2.51. The summed E-state index contributed by atoms with van der Waals surface area (Å²) in [5.41, 5.74) is 4.75. The first-order valence-electron chi connectivity index (χ1n) is 5.48. The van der Waals surface area contributed by atoms with E-state index in [1.165, 1.54) is 6.26 Å². The highest BCUT2D eigenvalue weighted by Gasteiger charge is 2.11. The molecule has 1 atom stereocenters. The summed E-state index contributed by atoms with van der Waals surface area (Å²) in [4.78, 5) is 4.10. The number of nitrogens with zero attached hydrogens (tertiary/aromatic N) is 1. The lowest BCUT2D eigenvalue weighted by Gasteiger charge is -2.15. The molecule has 1 aromatic rings. The summed E-state index contributed by atoms with van der Waals surface area (Å²) in [6.07, 6.45) is 6.02. The van der Waals surface area contributed by atoms with Crippen molar-refractivity contribution in [1.29, 1.82) is 0 Å². The molecule has 0 bridgehead atoms. The lowest BCUT2D eigenvalue weighted by molar-refractivity contribution is 0.506. The maximum atomic E-state index is 11.0. The highest BCUT2D eigenvalue weighted by atomic mass is 32.2. The Labute approximate surface area is 102 Å². The maximum Gasteiger partial charge on any atom is 0.147 e. The Kier molecular flexibility index (Phi) is 5.04. The fourth-order valence-electron chi connectivity index (χ4n) is 1.66. The molecule has 1 aromatic heterocycles. The number of nitrogens with two attached hydrogens (primary N) is 1. The first-order valence-corrected chi connectivity index (χ1v) is 7.54. The van der Waals surface area contributed by atoms with Gasteiger partial charge in [0.05, 0.1) is 0 Å². The fourth-order valence-corrected chi connectivity index (χ4v) is 2.36. The minimum absolute atomic E-state index is 0.0517. The van der Waals surface area contributed by atoms with Crippen molar-refractivity contribution in [2.75, 3.05) is 12.0 Å². The lowest BCUT2D eigenvalue weighted by atomic mass is 10.0. The second-order valence-corrected chi connectivity index (χ2v) is 6.55. The van der Waals surface area contributed by atoms with Gasteiger partial charge in [-0.2, -0.15) is 0 Å². The van der Waals surface area contributed by atoms with Crippen LogP contribution in [0.5, 0.6) is 0 Å². The second kappa shape index (κ2) is 6.09. The number of nitrogens with one attached hydrogen (secondary N) is 1. The number of sulfone groups is 1. The van der Waals surface area contributed by atoms with E-state index >= 15 is 0 Å². The highest BCUT2D eigenvalue weighted by molar-refractivity contribution is 7.90. The third kappa shape index (κ3) is 5.25. The van der Waals surface area contributed by atoms with Crippen molar-refractivity contribution < 1.29 is 8.42 Å². The molecule has 0 saturated heterocycles. The normalized spacial score (nSPS) is 13.6. The van der Waals surface area contributed by atoms with Crippen LogP contribution in [0.2, 0.25) is 0 Å². The van der Waals surface area contributed by atoms with Gasteiger partial charge in [0.15, 0.2) is 0 Å². The number of hydrazine groups is 1. The molecule has 96 valence electrons. The molecule has 0 aliphatic carbocycles. The molecular formula is C11H19N3O2S. The van der Waals surface area contributed by atoms with Crippen LogP contribution in [0.15, 0.2) is 18.5 Å². The largest absolute Gasteiger partial charge is 0.271 e. The molecule has 0 spiro atoms. The van der Waals surface area contributed by atoms with Crippen molar-refractivity contribution in [2.45, 2.75) is 25.8 Å². The highest BCUT2D eigenvalue weighted by Crippen LogP contribution is 2.17. The van der Waals surface area contributed by atoms with E-state index in [1.54, 1.807) is 12.4 Å². The zero-order valence-corrected chi connectivity index (χ0v) is 11.0. The first kappa shape index (κ1) is 14.1. The zero-order chi connectivity index (χ0) is 12.9. The summed E-state index contributed by atoms with van der Waals surface area (Å²) in [6, 6.07) is 1.95. The number of aromatic nitrogens is 1. The molecule has 1 rings (SSSR count). The molecule has 0 radical (unpaired) electrons. The molecule has 0 fully saturated rings. The van der Waals surface area contributed by atoms with E-state index < -0.39 is 9.84 Å². The molecule has 0 aromatic carbocycles. The van der Waals surface area contributed by atoms with Crippen LogP contribution >= 0.6 is 0 Å². The Morgan fingerprint density at radius 1 is 1.47 bits per heavy atom. The maximum absolute atomic E-state index is 11.0. The quantitative estimate of drug-likeness (QED) is 0.579. The van der Waals surface area contributed by atoms with Crippen molar-refractivity contribution in [3.05, 3.63) is 29.6 Å². The van der Waals surface area contributed by atoms with E-state index in [2.05, 4.69) is 10.4 Å². The smallest absolute Gasteiger partial charge is 0.147 e. The number of hydrogen-bond acceptors (Lipinski definition) is 5. The van der Waals surface area contributed by atoms with Crippen LogP contribution in [0, 0.1) is 6.92 Å². The summed E-state index contributed by atoms with van der Waals surface area (Å²) in [7, 11) is -2.90. The first-order chi connectivity index (χ1) is 7.92. The number of hydrogen-bond donors (Lipinski definition) is 2. The van der Waals surface area contributed by atoms with Crippen LogP contribution in [0.25, 0.3) is 0 Å². The Balaban J connectivity index is 2.60. The number of pyridine rings is 1. The fraction of sp³-hybridized carbons (Fsp3) is 0.545. The van der Waals surface area contributed by atoms with E-state index in [0.717, 1.165) is 11.1 Å². The molecule has 0 saturated carbocycles. The van der Waals surface area contributed by atoms with Crippen LogP contribution in [0.3, 0.4) is 0 Å². The molecule has 6 heteroatoms. The molecule has 1 heterocycles. The van der Waals surface area contributed by atoms with Gasteiger partial charge in [0.25, 0.3) is 0 Å². The average Bonchev–Trinajstić information content (AvgIpc) is 2.23. The van der Waals surface area contributed by atoms with E-state index in [-0.39, 0.29) is 11.8 Å². The monoisotopic (exact) mass is 257 g/mol. The van der Waals surface area contributed by atoms with Crippen LogP contribution in [0.1, 0.15) is 30.0 Å². The van der Waals surface area contributed by atoms with E-state index in [1.807, 2.05) is 13.0 Å². The Bertz CT molecular complexity index is 460. The van der Waals surface area contributed by atoms with Gasteiger partial charge in [0.1, 0.15) is 9.84 Å². The predicted octanol–water partition coefficient (Wildman–Crippen LogP) is 0.719. The third-order valence-corrected chi connectivity index (χ3v) is 3.54. The lowest BCUT2D eigenvalue weighted by Crippen LogP contribution is -2.28. The van der Waals surface area contributed by atoms with Crippen LogP contribution < -0.4 is 11.3 Å². The second-order valence-electron chi connectivity index (χ2n) is 4.29. The molecule has 0 aliphatic heterocycles.